The van der Waals surface area contributed by atoms with Crippen molar-refractivity contribution >= 4 is 23.3 Å². The van der Waals surface area contributed by atoms with E-state index in [0.717, 1.165) is 24.8 Å². The van der Waals surface area contributed by atoms with Crippen LogP contribution in [0.2, 0.25) is 0 Å². The van der Waals surface area contributed by atoms with E-state index in [2.05, 4.69) is 54.4 Å². The summed E-state index contributed by atoms with van der Waals surface area (Å²) in [6, 6.07) is 14.8. The number of nitrogens with two attached hydrogens (primary N) is 1. The van der Waals surface area contributed by atoms with Crippen molar-refractivity contribution in [3.63, 3.8) is 0 Å². The van der Waals surface area contributed by atoms with Crippen molar-refractivity contribution in [3.05, 3.63) is 48.7 Å². The third-order valence-corrected chi connectivity index (χ3v) is 5.36. The number of pyridine rings is 1. The fourth-order valence-electron chi connectivity index (χ4n) is 3.69. The second kappa shape index (κ2) is 7.12. The quantitative estimate of drug-likeness (QED) is 0.706. The third-order valence-electron chi connectivity index (χ3n) is 5.36. The van der Waals surface area contributed by atoms with E-state index >= 15 is 0 Å². The van der Waals surface area contributed by atoms with Crippen LogP contribution in [0.1, 0.15) is 12.8 Å². The highest BCUT2D eigenvalue weighted by atomic mass is 15.4. The zero-order valence-corrected chi connectivity index (χ0v) is 15.7. The molecule has 0 atom stereocenters. The lowest BCUT2D eigenvalue weighted by Crippen LogP contribution is -2.47. The van der Waals surface area contributed by atoms with Crippen molar-refractivity contribution in [1.29, 1.82) is 0 Å². The molecule has 0 amide bonds. The molecule has 2 aliphatic rings. The minimum atomic E-state index is 0.298. The summed E-state index contributed by atoms with van der Waals surface area (Å²) in [5, 5.41) is 7.63. The van der Waals surface area contributed by atoms with Crippen molar-refractivity contribution in [2.75, 3.05) is 42.1 Å². The van der Waals surface area contributed by atoms with E-state index in [1.54, 1.807) is 6.20 Å². The first kappa shape index (κ1) is 17.0. The zero-order valence-electron chi connectivity index (χ0n) is 15.7. The number of nitrogens with one attached hydrogen (secondary N) is 1. The van der Waals surface area contributed by atoms with Gasteiger partial charge in [0.25, 0.3) is 0 Å². The van der Waals surface area contributed by atoms with Crippen molar-refractivity contribution in [1.82, 2.24) is 24.6 Å². The van der Waals surface area contributed by atoms with Crippen LogP contribution in [0, 0.1) is 0 Å². The second-order valence-electron chi connectivity index (χ2n) is 7.32. The molecule has 1 aromatic carbocycles. The zero-order chi connectivity index (χ0) is 18.9. The summed E-state index contributed by atoms with van der Waals surface area (Å²) in [6.45, 7) is 4.52. The maximum absolute atomic E-state index is 5.98. The summed E-state index contributed by atoms with van der Waals surface area (Å²) in [6.07, 6.45) is 4.47. The molecule has 0 spiro atoms. The Balaban J connectivity index is 1.24. The van der Waals surface area contributed by atoms with E-state index in [4.69, 9.17) is 5.73 Å². The van der Waals surface area contributed by atoms with E-state index in [9.17, 15) is 0 Å². The van der Waals surface area contributed by atoms with E-state index in [0.29, 0.717) is 17.7 Å². The van der Waals surface area contributed by atoms with Crippen molar-refractivity contribution in [2.45, 2.75) is 18.9 Å². The van der Waals surface area contributed by atoms with Crippen molar-refractivity contribution < 1.29 is 0 Å². The van der Waals surface area contributed by atoms with Gasteiger partial charge in [-0.25, -0.2) is 4.98 Å². The fourth-order valence-corrected chi connectivity index (χ4v) is 3.69. The Bertz CT molecular complexity index is 925. The van der Waals surface area contributed by atoms with Gasteiger partial charge in [-0.3, -0.25) is 4.90 Å². The smallest absolute Gasteiger partial charge is 0.248 e. The molecule has 3 N–H and O–H groups in total. The van der Waals surface area contributed by atoms with E-state index in [1.165, 1.54) is 36.3 Å². The molecule has 8 heteroatoms. The van der Waals surface area contributed by atoms with Crippen molar-refractivity contribution in [2.24, 2.45) is 0 Å². The van der Waals surface area contributed by atoms with E-state index < -0.39 is 0 Å². The summed E-state index contributed by atoms with van der Waals surface area (Å²) < 4.78 is 1.52. The van der Waals surface area contributed by atoms with Gasteiger partial charge in [-0.2, -0.15) is 9.67 Å². The molecule has 1 aliphatic carbocycles. The molecular formula is C20H24N8. The van der Waals surface area contributed by atoms with E-state index in [-0.39, 0.29) is 0 Å². The molecule has 5 rings (SSSR count). The van der Waals surface area contributed by atoms with E-state index in [1.807, 2.05) is 18.2 Å². The number of rotatable bonds is 5. The molecule has 2 aromatic heterocycles. The van der Waals surface area contributed by atoms with Gasteiger partial charge in [-0.1, -0.05) is 6.07 Å². The SMILES string of the molecule is Nc1nc(Nc2ccc(N3CCN(C4CC4)CC3)cc2)nn1-c1ccccn1. The van der Waals surface area contributed by atoms with Crippen LogP contribution < -0.4 is 16.0 Å². The molecule has 0 radical (unpaired) electrons. The Hall–Kier alpha value is -3.13. The second-order valence-corrected chi connectivity index (χ2v) is 7.32. The summed E-state index contributed by atoms with van der Waals surface area (Å²) >= 11 is 0. The summed E-state index contributed by atoms with van der Waals surface area (Å²) in [4.78, 5) is 13.6. The van der Waals surface area contributed by atoms with Gasteiger partial charge >= 0.3 is 0 Å². The predicted octanol–water partition coefficient (Wildman–Crippen LogP) is 2.27. The number of hydrogen-bond donors (Lipinski definition) is 2. The first-order valence-corrected chi connectivity index (χ1v) is 9.76. The Kier molecular flexibility index (Phi) is 4.32. The molecule has 0 unspecified atom stereocenters. The number of hydrogen-bond acceptors (Lipinski definition) is 7. The average Bonchev–Trinajstić information content (AvgIpc) is 3.53. The number of nitrogens with zero attached hydrogens (tertiary/aromatic N) is 6. The summed E-state index contributed by atoms with van der Waals surface area (Å²) in [5.41, 5.74) is 8.17. The Labute approximate surface area is 164 Å². The molecule has 1 saturated carbocycles. The molecule has 2 fully saturated rings. The minimum absolute atomic E-state index is 0.298. The molecule has 3 aromatic rings. The average molecular weight is 376 g/mol. The van der Waals surface area contributed by atoms with Crippen LogP contribution in [0.5, 0.6) is 0 Å². The molecule has 144 valence electrons. The monoisotopic (exact) mass is 376 g/mol. The molecule has 3 heterocycles. The van der Waals surface area contributed by atoms with Gasteiger partial charge in [0.05, 0.1) is 0 Å². The molecule has 0 bridgehead atoms. The van der Waals surface area contributed by atoms with Crippen LogP contribution in [-0.4, -0.2) is 56.9 Å². The topological polar surface area (TPSA) is 88.1 Å². The first-order valence-electron chi connectivity index (χ1n) is 9.76. The Morgan fingerprint density at radius 2 is 1.75 bits per heavy atom. The van der Waals surface area contributed by atoms with Gasteiger partial charge in [-0.15, -0.1) is 5.10 Å². The molecule has 1 saturated heterocycles. The normalized spacial score (nSPS) is 17.6. The highest BCUT2D eigenvalue weighted by Crippen LogP contribution is 2.29. The standard InChI is InChI=1S/C20H24N8/c21-19-24-20(25-28(19)18-3-1-2-10-22-18)23-15-4-6-16(7-5-15)26-11-13-27(14-12-26)17-8-9-17/h1-7,10,17H,8-9,11-14H2,(H3,21,23,24,25). The highest BCUT2D eigenvalue weighted by molar-refractivity contribution is 5.60. The number of piperazine rings is 1. The number of nitrogen functional groups attached to an aromatic ring is 1. The predicted molar refractivity (Wildman–Crippen MR) is 110 cm³/mol. The van der Waals surface area contributed by atoms with Gasteiger partial charge in [-0.05, 0) is 49.2 Å². The minimum Gasteiger partial charge on any atom is -0.369 e. The number of benzene rings is 1. The lowest BCUT2D eigenvalue weighted by Gasteiger charge is -2.36. The first-order chi connectivity index (χ1) is 13.8. The molecular weight excluding hydrogens is 352 g/mol. The maximum Gasteiger partial charge on any atom is 0.248 e. The number of anilines is 4. The molecule has 8 nitrogen and oxygen atoms in total. The maximum atomic E-state index is 5.98. The third kappa shape index (κ3) is 3.50. The Morgan fingerprint density at radius 1 is 0.964 bits per heavy atom. The van der Waals surface area contributed by atoms with Gasteiger partial charge in [0.2, 0.25) is 11.9 Å². The van der Waals surface area contributed by atoms with Gasteiger partial charge in [0, 0.05) is 49.8 Å². The Morgan fingerprint density at radius 3 is 2.43 bits per heavy atom. The van der Waals surface area contributed by atoms with Crippen LogP contribution >= 0.6 is 0 Å². The molecule has 1 aliphatic heterocycles. The fraction of sp³-hybridized carbons (Fsp3) is 0.350. The lowest BCUT2D eigenvalue weighted by atomic mass is 10.2. The van der Waals surface area contributed by atoms with Crippen LogP contribution in [0.4, 0.5) is 23.3 Å². The van der Waals surface area contributed by atoms with Crippen LogP contribution in [-0.2, 0) is 0 Å². The van der Waals surface area contributed by atoms with Gasteiger partial charge < -0.3 is 16.0 Å². The number of aromatic nitrogens is 4. The summed E-state index contributed by atoms with van der Waals surface area (Å²) in [5.74, 6) is 1.39. The highest BCUT2D eigenvalue weighted by Gasteiger charge is 2.31. The van der Waals surface area contributed by atoms with Gasteiger partial charge in [0.1, 0.15) is 0 Å². The van der Waals surface area contributed by atoms with Crippen LogP contribution in [0.3, 0.4) is 0 Å². The lowest BCUT2D eigenvalue weighted by molar-refractivity contribution is 0.248. The summed E-state index contributed by atoms with van der Waals surface area (Å²) in [7, 11) is 0. The van der Waals surface area contributed by atoms with Crippen molar-refractivity contribution in [3.8, 4) is 5.82 Å². The van der Waals surface area contributed by atoms with Crippen LogP contribution in [0.15, 0.2) is 48.7 Å². The largest absolute Gasteiger partial charge is 0.369 e. The van der Waals surface area contributed by atoms with Crippen LogP contribution in [0.25, 0.3) is 5.82 Å². The van der Waals surface area contributed by atoms with Gasteiger partial charge in [0.15, 0.2) is 5.82 Å². The molecule has 28 heavy (non-hydrogen) atoms.